The van der Waals surface area contributed by atoms with Crippen molar-refractivity contribution in [2.45, 2.75) is 103 Å². The molecule has 2 saturated carbocycles. The van der Waals surface area contributed by atoms with Gasteiger partial charge in [-0.2, -0.15) is 0 Å². The number of ether oxygens (including phenoxy) is 3. The highest BCUT2D eigenvalue weighted by molar-refractivity contribution is 7.09. The zero-order valence-corrected chi connectivity index (χ0v) is 23.6. The van der Waals surface area contributed by atoms with E-state index in [1.54, 1.807) is 32.1 Å². The quantitative estimate of drug-likeness (QED) is 0.411. The van der Waals surface area contributed by atoms with Gasteiger partial charge in [-0.1, -0.05) is 19.9 Å². The first-order valence-electron chi connectivity index (χ1n) is 13.5. The number of hydrogen-bond donors (Lipinski definition) is 2. The topological polar surface area (TPSA) is 119 Å². The number of carbonyl (C=O) groups excluding carboxylic acids is 3. The van der Waals surface area contributed by atoms with Crippen LogP contribution in [0.1, 0.15) is 71.6 Å². The number of aliphatic hydroxyl groups is 2. The molecule has 1 spiro atoms. The molecule has 1 aliphatic heterocycles. The van der Waals surface area contributed by atoms with Gasteiger partial charge in [-0.05, 0) is 56.2 Å². The molecule has 8 atom stereocenters. The number of hydrogen-bond acceptors (Lipinski definition) is 9. The number of rotatable bonds is 6. The van der Waals surface area contributed by atoms with Gasteiger partial charge in [0.25, 0.3) is 0 Å². The lowest BCUT2D eigenvalue weighted by molar-refractivity contribution is -0.324. The Morgan fingerprint density at radius 3 is 2.63 bits per heavy atom. The second-order valence-electron chi connectivity index (χ2n) is 11.9. The summed E-state index contributed by atoms with van der Waals surface area (Å²) in [6.07, 6.45) is -1.90. The molecule has 208 valence electrons. The Kier molecular flexibility index (Phi) is 6.69. The van der Waals surface area contributed by atoms with Gasteiger partial charge in [0, 0.05) is 35.0 Å². The number of esters is 2. The molecule has 3 aliphatic carbocycles. The summed E-state index contributed by atoms with van der Waals surface area (Å²) in [4.78, 5) is 40.8. The number of Topliss-reactive ketones (excluding diaryl/α,β-unsaturated/α-hetero) is 1. The van der Waals surface area contributed by atoms with Crippen LogP contribution in [-0.4, -0.2) is 64.6 Å². The number of carbonyl (C=O) groups is 3. The Morgan fingerprint density at radius 2 is 1.97 bits per heavy atom. The summed E-state index contributed by atoms with van der Waals surface area (Å²) in [5.41, 5.74) is -3.46. The fraction of sp³-hybridized carbons (Fsp3) is 0.690. The zero-order chi connectivity index (χ0) is 27.7. The van der Waals surface area contributed by atoms with E-state index in [0.717, 1.165) is 4.88 Å². The van der Waals surface area contributed by atoms with Gasteiger partial charge in [-0.15, -0.1) is 11.3 Å². The maximum absolute atomic E-state index is 14.3. The van der Waals surface area contributed by atoms with Gasteiger partial charge < -0.3 is 24.4 Å². The molecule has 3 fully saturated rings. The molecule has 1 aromatic heterocycles. The summed E-state index contributed by atoms with van der Waals surface area (Å²) in [6.45, 7) is 9.13. The molecule has 2 N–H and O–H groups in total. The summed E-state index contributed by atoms with van der Waals surface area (Å²) in [7, 11) is 0. The van der Waals surface area contributed by atoms with Gasteiger partial charge in [0.15, 0.2) is 11.9 Å². The molecule has 38 heavy (non-hydrogen) atoms. The fourth-order valence-corrected chi connectivity index (χ4v) is 8.61. The molecule has 1 saturated heterocycles. The van der Waals surface area contributed by atoms with Gasteiger partial charge in [0.2, 0.25) is 0 Å². The van der Waals surface area contributed by atoms with E-state index in [9.17, 15) is 24.6 Å². The molecule has 9 heteroatoms. The molecule has 0 radical (unpaired) electrons. The molecule has 5 unspecified atom stereocenters. The van der Waals surface area contributed by atoms with Gasteiger partial charge in [-0.25, -0.2) is 0 Å². The zero-order valence-electron chi connectivity index (χ0n) is 22.7. The normalized spacial score (nSPS) is 41.9. The molecular weight excluding hydrogens is 508 g/mol. The highest BCUT2D eigenvalue weighted by Gasteiger charge is 2.85. The van der Waals surface area contributed by atoms with Crippen molar-refractivity contribution in [2.75, 3.05) is 6.61 Å². The summed E-state index contributed by atoms with van der Waals surface area (Å²) in [5.74, 6) is -1.32. The SMILES string of the molecule is CCC(=O)OC1C(=O)[C@]2(C)C(O)CC(C)OCC23CC2(O)C[C@H](OC(=O)CCc4cccs4)C(C)=C1[C@@]23C. The van der Waals surface area contributed by atoms with Crippen molar-refractivity contribution < 1.29 is 38.8 Å². The van der Waals surface area contributed by atoms with E-state index in [0.29, 0.717) is 17.6 Å². The number of aryl methyl sites for hydroxylation is 1. The van der Waals surface area contributed by atoms with Crippen molar-refractivity contribution in [1.29, 1.82) is 0 Å². The van der Waals surface area contributed by atoms with Crippen LogP contribution in [0, 0.1) is 16.2 Å². The van der Waals surface area contributed by atoms with Gasteiger partial charge in [0.1, 0.15) is 6.10 Å². The molecular formula is C29H38O8S. The van der Waals surface area contributed by atoms with Crippen LogP contribution in [0.25, 0.3) is 0 Å². The first-order valence-corrected chi connectivity index (χ1v) is 14.4. The minimum atomic E-state index is -1.34. The van der Waals surface area contributed by atoms with E-state index in [2.05, 4.69) is 0 Å². The van der Waals surface area contributed by atoms with Crippen molar-refractivity contribution in [3.8, 4) is 0 Å². The van der Waals surface area contributed by atoms with Crippen molar-refractivity contribution in [3.05, 3.63) is 33.5 Å². The molecule has 4 aliphatic rings. The van der Waals surface area contributed by atoms with E-state index in [-0.39, 0.29) is 56.6 Å². The van der Waals surface area contributed by atoms with Crippen LogP contribution in [0.2, 0.25) is 0 Å². The van der Waals surface area contributed by atoms with Crippen LogP contribution >= 0.6 is 11.3 Å². The average molecular weight is 547 g/mol. The largest absolute Gasteiger partial charge is 0.458 e. The third kappa shape index (κ3) is 3.54. The van der Waals surface area contributed by atoms with Crippen LogP contribution in [0.4, 0.5) is 0 Å². The van der Waals surface area contributed by atoms with Crippen LogP contribution in [0.15, 0.2) is 28.7 Å². The van der Waals surface area contributed by atoms with Crippen LogP contribution in [0.5, 0.6) is 0 Å². The molecule has 2 heterocycles. The summed E-state index contributed by atoms with van der Waals surface area (Å²) >= 11 is 1.58. The minimum absolute atomic E-state index is 0.0722. The van der Waals surface area contributed by atoms with E-state index in [4.69, 9.17) is 14.2 Å². The first kappa shape index (κ1) is 27.5. The molecule has 1 aromatic rings. The van der Waals surface area contributed by atoms with Crippen molar-refractivity contribution in [3.63, 3.8) is 0 Å². The van der Waals surface area contributed by atoms with Crippen molar-refractivity contribution in [2.24, 2.45) is 16.2 Å². The highest BCUT2D eigenvalue weighted by atomic mass is 32.1. The molecule has 0 amide bonds. The Morgan fingerprint density at radius 1 is 1.24 bits per heavy atom. The predicted octanol–water partition coefficient (Wildman–Crippen LogP) is 3.52. The van der Waals surface area contributed by atoms with E-state index >= 15 is 0 Å². The standard InChI is InChI=1S/C29H38O8S/c1-6-21(31)37-24-23-17(3)19(36-22(32)10-9-18-8-7-11-38-18)13-29(34)14-28(27(23,29)5)15-35-16(2)12-20(30)26(28,4)25(24)33/h7-8,11,16,19-20,24,30,34H,6,9-10,12-15H2,1-5H3/t16?,19-,20?,24?,26-,27+,28?,29?/m0/s1. The monoisotopic (exact) mass is 546 g/mol. The third-order valence-electron chi connectivity index (χ3n) is 10.3. The second kappa shape index (κ2) is 9.25. The summed E-state index contributed by atoms with van der Waals surface area (Å²) in [5, 5.41) is 25.5. The lowest BCUT2D eigenvalue weighted by atomic mass is 9.27. The van der Waals surface area contributed by atoms with Crippen LogP contribution in [-0.2, 0) is 35.0 Å². The molecule has 0 aromatic carbocycles. The van der Waals surface area contributed by atoms with E-state index in [1.165, 1.54) is 0 Å². The Labute approximate surface area is 227 Å². The van der Waals surface area contributed by atoms with Gasteiger partial charge >= 0.3 is 11.9 Å². The predicted molar refractivity (Wildman–Crippen MR) is 139 cm³/mol. The molecule has 8 nitrogen and oxygen atoms in total. The molecule has 0 bridgehead atoms. The number of aliphatic hydroxyl groups excluding tert-OH is 1. The summed E-state index contributed by atoms with van der Waals surface area (Å²) in [6, 6.07) is 3.90. The Hall–Kier alpha value is -2.07. The lowest BCUT2D eigenvalue weighted by Gasteiger charge is -2.77. The van der Waals surface area contributed by atoms with Crippen molar-refractivity contribution >= 4 is 29.1 Å². The third-order valence-corrected chi connectivity index (χ3v) is 11.2. The smallest absolute Gasteiger partial charge is 0.306 e. The maximum Gasteiger partial charge on any atom is 0.306 e. The minimum Gasteiger partial charge on any atom is -0.458 e. The van der Waals surface area contributed by atoms with Crippen LogP contribution < -0.4 is 0 Å². The first-order chi connectivity index (χ1) is 17.8. The average Bonchev–Trinajstić information content (AvgIpc) is 3.36. The highest BCUT2D eigenvalue weighted by Crippen LogP contribution is 2.80. The Balaban J connectivity index is 1.58. The van der Waals surface area contributed by atoms with Crippen LogP contribution in [0.3, 0.4) is 0 Å². The lowest BCUT2D eigenvalue weighted by Crippen LogP contribution is -2.84. The second-order valence-corrected chi connectivity index (χ2v) is 13.0. The van der Waals surface area contributed by atoms with Gasteiger partial charge in [-0.3, -0.25) is 14.4 Å². The number of thiophene rings is 1. The van der Waals surface area contributed by atoms with E-state index < -0.39 is 46.1 Å². The Bertz CT molecular complexity index is 1180. The fourth-order valence-electron chi connectivity index (χ4n) is 7.90. The van der Waals surface area contributed by atoms with Crippen molar-refractivity contribution in [1.82, 2.24) is 0 Å². The van der Waals surface area contributed by atoms with E-state index in [1.807, 2.05) is 31.4 Å². The number of ketones is 1. The maximum atomic E-state index is 14.3. The molecule has 5 rings (SSSR count). The van der Waals surface area contributed by atoms with Gasteiger partial charge in [0.05, 0.1) is 36.3 Å². The summed E-state index contributed by atoms with van der Waals surface area (Å²) < 4.78 is 17.9.